The summed E-state index contributed by atoms with van der Waals surface area (Å²) in [5.74, 6) is -0.0905. The van der Waals surface area contributed by atoms with Crippen LogP contribution in [0.2, 0.25) is 0 Å². The van der Waals surface area contributed by atoms with E-state index >= 15 is 0 Å². The molecule has 1 N–H and O–H groups in total. The first-order valence-electron chi connectivity index (χ1n) is 6.26. The summed E-state index contributed by atoms with van der Waals surface area (Å²) in [5, 5.41) is 2.65. The third-order valence-corrected chi connectivity index (χ3v) is 3.59. The first-order chi connectivity index (χ1) is 9.63. The largest absolute Gasteiger partial charge is 0.365 e. The van der Waals surface area contributed by atoms with Gasteiger partial charge in [0.2, 0.25) is 5.91 Å². The van der Waals surface area contributed by atoms with Crippen molar-refractivity contribution in [2.75, 3.05) is 6.26 Å². The van der Waals surface area contributed by atoms with E-state index in [-0.39, 0.29) is 12.6 Å². The van der Waals surface area contributed by atoms with Gasteiger partial charge in [-0.15, -0.1) is 11.8 Å². The molecule has 0 spiro atoms. The molecular weight excluding hydrogens is 276 g/mol. The zero-order chi connectivity index (χ0) is 14.5. The Bertz CT molecular complexity index is 643. The maximum Gasteiger partial charge on any atom is 0.365 e. The highest BCUT2D eigenvalue weighted by atomic mass is 32.2. The number of thioether (sulfide) groups is 1. The Kier molecular flexibility index (Phi) is 4.68. The summed E-state index contributed by atoms with van der Waals surface area (Å²) >= 11 is 1.64. The average Bonchev–Trinajstić information content (AvgIpc) is 2.86. The van der Waals surface area contributed by atoms with Crippen LogP contribution >= 0.6 is 11.8 Å². The summed E-state index contributed by atoms with van der Waals surface area (Å²) < 4.78 is 6.39. The topological polar surface area (TPSA) is 64.2 Å². The summed E-state index contributed by atoms with van der Waals surface area (Å²) in [7, 11) is 0. The Morgan fingerprint density at radius 2 is 2.05 bits per heavy atom. The van der Waals surface area contributed by atoms with Crippen molar-refractivity contribution in [3.05, 3.63) is 40.9 Å². The third-order valence-electron chi connectivity index (χ3n) is 2.85. The quantitative estimate of drug-likeness (QED) is 0.859. The summed E-state index contributed by atoms with van der Waals surface area (Å²) in [6.07, 6.45) is 4.00. The van der Waals surface area contributed by atoms with Gasteiger partial charge >= 0.3 is 5.63 Å². The first kappa shape index (κ1) is 14.5. The number of benzene rings is 1. The molecule has 2 aromatic rings. The molecule has 1 aromatic heterocycles. The van der Waals surface area contributed by atoms with Crippen LogP contribution in [0.4, 0.5) is 0 Å². The molecule has 0 saturated heterocycles. The monoisotopic (exact) mass is 292 g/mol. The van der Waals surface area contributed by atoms with Crippen LogP contribution in [0.3, 0.4) is 0 Å². The van der Waals surface area contributed by atoms with Gasteiger partial charge in [-0.3, -0.25) is 4.79 Å². The van der Waals surface area contributed by atoms with Gasteiger partial charge in [0.1, 0.15) is 6.67 Å². The van der Waals surface area contributed by atoms with E-state index in [0.717, 1.165) is 10.5 Å². The van der Waals surface area contributed by atoms with Crippen LogP contribution in [0.15, 0.2) is 44.7 Å². The van der Waals surface area contributed by atoms with Crippen LogP contribution in [0.1, 0.15) is 13.3 Å². The van der Waals surface area contributed by atoms with E-state index < -0.39 is 5.63 Å². The second-order valence-corrected chi connectivity index (χ2v) is 5.06. The maximum atomic E-state index is 11.8. The average molecular weight is 292 g/mol. The Balaban J connectivity index is 2.18. The molecule has 1 heterocycles. The van der Waals surface area contributed by atoms with Crippen LogP contribution in [0, 0.1) is 0 Å². The molecule has 0 atom stereocenters. The van der Waals surface area contributed by atoms with Crippen LogP contribution in [0.25, 0.3) is 11.1 Å². The van der Waals surface area contributed by atoms with Crippen molar-refractivity contribution in [1.29, 1.82) is 0 Å². The molecule has 0 radical (unpaired) electrons. The predicted molar refractivity (Wildman–Crippen MR) is 78.6 cm³/mol. The SMILES string of the molecule is CCC(=O)NCn1cc(-c2ccc(SC)cc2)c(=O)o1. The van der Waals surface area contributed by atoms with Crippen molar-refractivity contribution in [2.45, 2.75) is 24.9 Å². The maximum absolute atomic E-state index is 11.8. The lowest BCUT2D eigenvalue weighted by Crippen LogP contribution is -2.24. The second kappa shape index (κ2) is 6.47. The van der Waals surface area contributed by atoms with Crippen molar-refractivity contribution in [3.8, 4) is 11.1 Å². The molecule has 2 rings (SSSR count). The molecule has 0 saturated carbocycles. The smallest absolute Gasteiger partial charge is 0.336 e. The molecule has 0 aliphatic heterocycles. The second-order valence-electron chi connectivity index (χ2n) is 4.18. The fourth-order valence-electron chi connectivity index (χ4n) is 1.71. The molecule has 0 aliphatic carbocycles. The summed E-state index contributed by atoms with van der Waals surface area (Å²) in [6.45, 7) is 1.92. The van der Waals surface area contributed by atoms with Crippen molar-refractivity contribution in [3.63, 3.8) is 0 Å². The highest BCUT2D eigenvalue weighted by molar-refractivity contribution is 7.98. The van der Waals surface area contributed by atoms with E-state index in [4.69, 9.17) is 4.52 Å². The van der Waals surface area contributed by atoms with Crippen molar-refractivity contribution in [2.24, 2.45) is 0 Å². The number of carbonyl (C=O) groups excluding carboxylic acids is 1. The van der Waals surface area contributed by atoms with Gasteiger partial charge in [0.15, 0.2) is 0 Å². The summed E-state index contributed by atoms with van der Waals surface area (Å²) in [4.78, 5) is 24.1. The van der Waals surface area contributed by atoms with Gasteiger partial charge in [-0.05, 0) is 24.0 Å². The van der Waals surface area contributed by atoms with E-state index in [1.54, 1.807) is 24.9 Å². The number of amides is 1. The number of hydrogen-bond donors (Lipinski definition) is 1. The predicted octanol–water partition coefficient (Wildman–Crippen LogP) is 2.31. The minimum atomic E-state index is -0.410. The highest BCUT2D eigenvalue weighted by Crippen LogP contribution is 2.20. The lowest BCUT2D eigenvalue weighted by molar-refractivity contribution is -0.121. The Morgan fingerprint density at radius 1 is 1.35 bits per heavy atom. The normalized spacial score (nSPS) is 10.5. The lowest BCUT2D eigenvalue weighted by Gasteiger charge is -2.01. The molecule has 1 aromatic carbocycles. The minimum Gasteiger partial charge on any atom is -0.336 e. The molecule has 1 amide bonds. The van der Waals surface area contributed by atoms with E-state index in [0.29, 0.717) is 12.0 Å². The molecule has 0 fully saturated rings. The number of carbonyl (C=O) groups is 1. The van der Waals surface area contributed by atoms with Crippen LogP contribution < -0.4 is 10.9 Å². The molecule has 106 valence electrons. The molecule has 0 unspecified atom stereocenters. The molecule has 6 heteroatoms. The number of nitrogens with zero attached hydrogens (tertiary/aromatic N) is 1. The van der Waals surface area contributed by atoms with Crippen LogP contribution in [-0.2, 0) is 11.5 Å². The standard InChI is InChI=1S/C14H16N2O3S/c1-3-13(17)15-9-16-8-12(14(18)19-16)10-4-6-11(20-2)7-5-10/h4-8H,3,9H2,1-2H3,(H,15,17). The zero-order valence-corrected chi connectivity index (χ0v) is 12.2. The lowest BCUT2D eigenvalue weighted by atomic mass is 10.1. The van der Waals surface area contributed by atoms with E-state index in [1.807, 2.05) is 30.5 Å². The van der Waals surface area contributed by atoms with Gasteiger partial charge in [-0.2, -0.15) is 4.74 Å². The molecule has 5 nitrogen and oxygen atoms in total. The van der Waals surface area contributed by atoms with Crippen molar-refractivity contribution >= 4 is 17.7 Å². The van der Waals surface area contributed by atoms with E-state index in [9.17, 15) is 9.59 Å². The van der Waals surface area contributed by atoms with E-state index in [2.05, 4.69) is 5.32 Å². The molecule has 0 bridgehead atoms. The van der Waals surface area contributed by atoms with Gasteiger partial charge in [0.25, 0.3) is 0 Å². The third kappa shape index (κ3) is 3.33. The van der Waals surface area contributed by atoms with E-state index in [1.165, 1.54) is 4.74 Å². The number of rotatable bonds is 5. The molecule has 20 heavy (non-hydrogen) atoms. The number of aromatic nitrogens is 1. The molecular formula is C14H16N2O3S. The van der Waals surface area contributed by atoms with Gasteiger partial charge in [-0.25, -0.2) is 4.79 Å². The first-order valence-corrected chi connectivity index (χ1v) is 7.48. The van der Waals surface area contributed by atoms with Gasteiger partial charge in [0.05, 0.1) is 11.8 Å². The van der Waals surface area contributed by atoms with Crippen molar-refractivity contribution in [1.82, 2.24) is 10.1 Å². The fraction of sp³-hybridized carbons (Fsp3) is 0.286. The molecule has 0 aliphatic rings. The Labute approximate surface area is 120 Å². The highest BCUT2D eigenvalue weighted by Gasteiger charge is 2.09. The van der Waals surface area contributed by atoms with Gasteiger partial charge in [-0.1, -0.05) is 19.1 Å². The number of hydrogen-bond acceptors (Lipinski definition) is 4. The minimum absolute atomic E-state index is 0.0905. The van der Waals surface area contributed by atoms with Gasteiger partial charge in [0, 0.05) is 11.3 Å². The fourth-order valence-corrected chi connectivity index (χ4v) is 2.12. The van der Waals surface area contributed by atoms with Crippen LogP contribution in [0.5, 0.6) is 0 Å². The Morgan fingerprint density at radius 3 is 2.65 bits per heavy atom. The Hall–Kier alpha value is -1.95. The zero-order valence-electron chi connectivity index (χ0n) is 11.4. The van der Waals surface area contributed by atoms with Crippen molar-refractivity contribution < 1.29 is 9.32 Å². The van der Waals surface area contributed by atoms with Crippen LogP contribution in [-0.4, -0.2) is 16.9 Å². The summed E-state index contributed by atoms with van der Waals surface area (Å²) in [5.41, 5.74) is 0.883. The summed E-state index contributed by atoms with van der Waals surface area (Å²) in [6, 6.07) is 7.67. The van der Waals surface area contributed by atoms with Gasteiger partial charge < -0.3 is 9.84 Å². The number of nitrogens with one attached hydrogen (secondary N) is 1.